The maximum absolute atomic E-state index is 12.9. The van der Waals surface area contributed by atoms with E-state index < -0.39 is 21.8 Å². The minimum Gasteiger partial charge on any atom is -0.369 e. The third kappa shape index (κ3) is 3.25. The quantitative estimate of drug-likeness (QED) is 0.779. The summed E-state index contributed by atoms with van der Waals surface area (Å²) in [7, 11) is -0.710. The van der Waals surface area contributed by atoms with Gasteiger partial charge in [0.2, 0.25) is 15.9 Å². The fourth-order valence-corrected chi connectivity index (χ4v) is 4.58. The maximum Gasteiger partial charge on any atom is 0.267 e. The first-order valence-electron chi connectivity index (χ1n) is 7.38. The number of aromatic nitrogens is 1. The highest BCUT2D eigenvalue weighted by Gasteiger charge is 2.37. The minimum absolute atomic E-state index is 0.0376. The lowest BCUT2D eigenvalue weighted by Crippen LogP contribution is -2.48. The van der Waals surface area contributed by atoms with Gasteiger partial charge in [0, 0.05) is 32.9 Å². The fraction of sp³-hybridized carbons (Fsp3) is 0.571. The van der Waals surface area contributed by atoms with Gasteiger partial charge in [0.05, 0.1) is 5.92 Å². The highest BCUT2D eigenvalue weighted by molar-refractivity contribution is 7.89. The first-order chi connectivity index (χ1) is 10.7. The van der Waals surface area contributed by atoms with Crippen LogP contribution in [0, 0.1) is 5.92 Å². The van der Waals surface area contributed by atoms with E-state index in [9.17, 15) is 18.0 Å². The van der Waals surface area contributed by atoms with Gasteiger partial charge in [-0.05, 0) is 25.8 Å². The van der Waals surface area contributed by atoms with E-state index in [1.807, 2.05) is 0 Å². The average molecular weight is 342 g/mol. The van der Waals surface area contributed by atoms with Gasteiger partial charge in [-0.15, -0.1) is 0 Å². The zero-order valence-corrected chi connectivity index (χ0v) is 14.3. The van der Waals surface area contributed by atoms with Crippen molar-refractivity contribution in [3.05, 3.63) is 18.0 Å². The molecule has 3 N–H and O–H groups in total. The molecular weight excluding hydrogens is 320 g/mol. The zero-order chi connectivity index (χ0) is 17.4. The van der Waals surface area contributed by atoms with E-state index in [0.717, 1.165) is 0 Å². The molecule has 0 aromatic carbocycles. The topological polar surface area (TPSA) is 114 Å². The van der Waals surface area contributed by atoms with E-state index >= 15 is 0 Å². The summed E-state index contributed by atoms with van der Waals surface area (Å²) < 4.78 is 28.5. The van der Waals surface area contributed by atoms with Crippen LogP contribution in [0.1, 0.15) is 30.3 Å². The molecule has 1 aromatic rings. The van der Waals surface area contributed by atoms with Gasteiger partial charge in [0.1, 0.15) is 10.6 Å². The van der Waals surface area contributed by atoms with Crippen LogP contribution in [0.4, 0.5) is 0 Å². The monoisotopic (exact) mass is 342 g/mol. The molecule has 1 saturated heterocycles. The molecule has 1 aliphatic heterocycles. The van der Waals surface area contributed by atoms with Crippen molar-refractivity contribution < 1.29 is 18.0 Å². The second-order valence-electron chi connectivity index (χ2n) is 5.85. The lowest BCUT2D eigenvalue weighted by molar-refractivity contribution is -0.123. The van der Waals surface area contributed by atoms with Gasteiger partial charge in [0.25, 0.3) is 5.91 Å². The van der Waals surface area contributed by atoms with E-state index in [1.165, 1.54) is 28.2 Å². The first kappa shape index (κ1) is 17.5. The largest absolute Gasteiger partial charge is 0.369 e. The summed E-state index contributed by atoms with van der Waals surface area (Å²) in [5, 5.41) is 2.47. The van der Waals surface area contributed by atoms with E-state index in [1.54, 1.807) is 14.0 Å². The van der Waals surface area contributed by atoms with Crippen LogP contribution >= 0.6 is 0 Å². The standard InChI is InChI=1S/C14H22N4O4S/c1-9-4-5-10(13(15)19)7-18(9)23(21,22)11-6-12(14(20)16-2)17(3)8-11/h6,8-10H,4-5,7H2,1-3H3,(H2,15,19)(H,16,20). The summed E-state index contributed by atoms with van der Waals surface area (Å²) in [5.41, 5.74) is 5.58. The summed E-state index contributed by atoms with van der Waals surface area (Å²) in [6, 6.07) is 1.12. The second kappa shape index (κ2) is 6.32. The molecule has 0 radical (unpaired) electrons. The molecule has 128 valence electrons. The number of hydrogen-bond donors (Lipinski definition) is 2. The Bertz CT molecular complexity index is 725. The van der Waals surface area contributed by atoms with E-state index in [0.29, 0.717) is 12.8 Å². The van der Waals surface area contributed by atoms with Crippen LogP contribution in [0.25, 0.3) is 0 Å². The molecule has 8 nitrogen and oxygen atoms in total. The van der Waals surface area contributed by atoms with Crippen molar-refractivity contribution in [1.29, 1.82) is 0 Å². The fourth-order valence-electron chi connectivity index (χ4n) is 2.81. The van der Waals surface area contributed by atoms with Gasteiger partial charge in [-0.3, -0.25) is 9.59 Å². The average Bonchev–Trinajstić information content (AvgIpc) is 2.89. The molecule has 1 fully saturated rings. The molecule has 0 spiro atoms. The van der Waals surface area contributed by atoms with Crippen molar-refractivity contribution in [2.45, 2.75) is 30.7 Å². The summed E-state index contributed by atoms with van der Waals surface area (Å²) in [6.07, 6.45) is 2.56. The number of carbonyl (C=O) groups is 2. The number of nitrogens with two attached hydrogens (primary N) is 1. The smallest absolute Gasteiger partial charge is 0.267 e. The van der Waals surface area contributed by atoms with Crippen molar-refractivity contribution in [2.24, 2.45) is 18.7 Å². The molecule has 0 aliphatic carbocycles. The van der Waals surface area contributed by atoms with Crippen molar-refractivity contribution in [3.8, 4) is 0 Å². The molecule has 0 bridgehead atoms. The molecule has 2 unspecified atom stereocenters. The van der Waals surface area contributed by atoms with Crippen LogP contribution in [-0.2, 0) is 21.9 Å². The Morgan fingerprint density at radius 1 is 1.35 bits per heavy atom. The van der Waals surface area contributed by atoms with Gasteiger partial charge >= 0.3 is 0 Å². The molecule has 2 atom stereocenters. The van der Waals surface area contributed by atoms with Gasteiger partial charge in [-0.2, -0.15) is 4.31 Å². The lowest BCUT2D eigenvalue weighted by atomic mass is 9.95. The Balaban J connectivity index is 2.37. The van der Waals surface area contributed by atoms with E-state index in [-0.39, 0.29) is 29.1 Å². The Kier molecular flexibility index (Phi) is 4.81. The van der Waals surface area contributed by atoms with Crippen LogP contribution in [-0.4, -0.2) is 48.7 Å². The molecule has 1 aliphatic rings. The Labute approximate surface area is 135 Å². The van der Waals surface area contributed by atoms with Crippen molar-refractivity contribution in [3.63, 3.8) is 0 Å². The highest BCUT2D eigenvalue weighted by Crippen LogP contribution is 2.28. The number of sulfonamides is 1. The first-order valence-corrected chi connectivity index (χ1v) is 8.82. The van der Waals surface area contributed by atoms with Crippen LogP contribution in [0.15, 0.2) is 17.2 Å². The Hall–Kier alpha value is -1.87. The SMILES string of the molecule is CNC(=O)c1cc(S(=O)(=O)N2CC(C(N)=O)CCC2C)cn1C. The van der Waals surface area contributed by atoms with Gasteiger partial charge in [0.15, 0.2) is 0 Å². The summed E-state index contributed by atoms with van der Waals surface area (Å²) in [6.45, 7) is 1.88. The lowest BCUT2D eigenvalue weighted by Gasteiger charge is -2.35. The number of nitrogens with zero attached hydrogens (tertiary/aromatic N) is 2. The molecule has 0 saturated carbocycles. The predicted octanol–water partition coefficient (Wildman–Crippen LogP) is -0.341. The number of carbonyl (C=O) groups excluding carboxylic acids is 2. The van der Waals surface area contributed by atoms with Crippen LogP contribution in [0.3, 0.4) is 0 Å². The van der Waals surface area contributed by atoms with Crippen molar-refractivity contribution in [1.82, 2.24) is 14.2 Å². The number of hydrogen-bond acceptors (Lipinski definition) is 4. The number of piperidine rings is 1. The molecule has 2 rings (SSSR count). The number of nitrogens with one attached hydrogen (secondary N) is 1. The third-order valence-electron chi connectivity index (χ3n) is 4.27. The Morgan fingerprint density at radius 2 is 2.00 bits per heavy atom. The molecular formula is C14H22N4O4S. The number of primary amides is 1. The molecule has 9 heteroatoms. The van der Waals surface area contributed by atoms with Crippen LogP contribution in [0.2, 0.25) is 0 Å². The maximum atomic E-state index is 12.9. The van der Waals surface area contributed by atoms with Crippen LogP contribution < -0.4 is 11.1 Å². The minimum atomic E-state index is -3.80. The summed E-state index contributed by atoms with van der Waals surface area (Å²) >= 11 is 0. The number of aryl methyl sites for hydroxylation is 1. The van der Waals surface area contributed by atoms with E-state index in [2.05, 4.69) is 5.32 Å². The van der Waals surface area contributed by atoms with Gasteiger partial charge in [-0.25, -0.2) is 8.42 Å². The Morgan fingerprint density at radius 3 is 2.57 bits per heavy atom. The van der Waals surface area contributed by atoms with Crippen LogP contribution in [0.5, 0.6) is 0 Å². The summed E-state index contributed by atoms with van der Waals surface area (Å²) in [4.78, 5) is 23.2. The number of rotatable bonds is 4. The molecule has 23 heavy (non-hydrogen) atoms. The normalized spacial score (nSPS) is 22.7. The molecule has 2 amide bonds. The number of amides is 2. The zero-order valence-electron chi connectivity index (χ0n) is 13.4. The van der Waals surface area contributed by atoms with Crippen molar-refractivity contribution >= 4 is 21.8 Å². The van der Waals surface area contributed by atoms with Gasteiger partial charge < -0.3 is 15.6 Å². The highest BCUT2D eigenvalue weighted by atomic mass is 32.2. The molecule has 1 aromatic heterocycles. The third-order valence-corrected chi connectivity index (χ3v) is 6.22. The van der Waals surface area contributed by atoms with Crippen molar-refractivity contribution in [2.75, 3.05) is 13.6 Å². The molecule has 2 heterocycles. The predicted molar refractivity (Wildman–Crippen MR) is 84.1 cm³/mol. The van der Waals surface area contributed by atoms with Gasteiger partial charge in [-0.1, -0.05) is 0 Å². The summed E-state index contributed by atoms with van der Waals surface area (Å²) in [5.74, 6) is -1.34. The van der Waals surface area contributed by atoms with E-state index in [4.69, 9.17) is 5.73 Å². The second-order valence-corrected chi connectivity index (χ2v) is 7.74.